The van der Waals surface area contributed by atoms with Crippen LogP contribution in [0.1, 0.15) is 26.5 Å². The Morgan fingerprint density at radius 3 is 2.68 bits per heavy atom. The smallest absolute Gasteiger partial charge is 0.159 e. The minimum atomic E-state index is 0.0842. The number of rotatable bonds is 3. The summed E-state index contributed by atoms with van der Waals surface area (Å²) in [7, 11) is 0. The monoisotopic (exact) mass is 319 g/mol. The highest BCUT2D eigenvalue weighted by molar-refractivity contribution is 9.10. The van der Waals surface area contributed by atoms with Gasteiger partial charge in [-0.25, -0.2) is 9.97 Å². The summed E-state index contributed by atoms with van der Waals surface area (Å²) in [5.74, 6) is 0.759. The maximum absolute atomic E-state index is 4.59. The molecular formula is C15H18BrN3. The predicted octanol–water partition coefficient (Wildman–Crippen LogP) is 3.79. The Labute approximate surface area is 122 Å². The van der Waals surface area contributed by atoms with E-state index in [1.54, 1.807) is 0 Å². The fraction of sp³-hybridized carbons (Fsp3) is 0.333. The van der Waals surface area contributed by atoms with Gasteiger partial charge in [-0.15, -0.1) is 0 Å². The molecule has 100 valence electrons. The number of hydrogen-bond acceptors (Lipinski definition) is 3. The summed E-state index contributed by atoms with van der Waals surface area (Å²) < 4.78 is 1.03. The van der Waals surface area contributed by atoms with Crippen molar-refractivity contribution >= 4 is 15.9 Å². The third-order valence-electron chi connectivity index (χ3n) is 2.60. The van der Waals surface area contributed by atoms with E-state index in [1.807, 2.05) is 36.5 Å². The molecule has 1 aromatic carbocycles. The second kappa shape index (κ2) is 5.80. The molecule has 0 aliphatic rings. The average molecular weight is 320 g/mol. The molecule has 0 atom stereocenters. The van der Waals surface area contributed by atoms with Gasteiger partial charge in [0, 0.05) is 28.3 Å². The van der Waals surface area contributed by atoms with E-state index < -0.39 is 0 Å². The Hall–Kier alpha value is -1.26. The van der Waals surface area contributed by atoms with E-state index in [4.69, 9.17) is 0 Å². The molecule has 0 amide bonds. The highest BCUT2D eigenvalue weighted by Crippen LogP contribution is 2.19. The van der Waals surface area contributed by atoms with Gasteiger partial charge >= 0.3 is 0 Å². The Morgan fingerprint density at radius 2 is 2.00 bits per heavy atom. The predicted molar refractivity (Wildman–Crippen MR) is 81.8 cm³/mol. The summed E-state index contributed by atoms with van der Waals surface area (Å²) in [4.78, 5) is 8.93. The molecule has 1 heterocycles. The molecule has 0 fully saturated rings. The highest BCUT2D eigenvalue weighted by Gasteiger charge is 2.09. The summed E-state index contributed by atoms with van der Waals surface area (Å²) in [6.07, 6.45) is 1.81. The number of nitrogens with zero attached hydrogens (tertiary/aromatic N) is 2. The van der Waals surface area contributed by atoms with Crippen LogP contribution >= 0.6 is 15.9 Å². The molecule has 4 heteroatoms. The highest BCUT2D eigenvalue weighted by atomic mass is 79.9. The quantitative estimate of drug-likeness (QED) is 0.935. The van der Waals surface area contributed by atoms with Crippen LogP contribution in [0.4, 0.5) is 0 Å². The van der Waals surface area contributed by atoms with Crippen LogP contribution in [0, 0.1) is 0 Å². The molecule has 2 rings (SSSR count). The van der Waals surface area contributed by atoms with Crippen molar-refractivity contribution in [3.05, 3.63) is 46.7 Å². The molecule has 0 radical (unpaired) electrons. The van der Waals surface area contributed by atoms with Gasteiger partial charge in [0.15, 0.2) is 5.82 Å². The molecule has 0 aliphatic heterocycles. The number of hydrogen-bond donors (Lipinski definition) is 1. The largest absolute Gasteiger partial charge is 0.306 e. The van der Waals surface area contributed by atoms with Crippen molar-refractivity contribution in [3.8, 4) is 11.4 Å². The standard InChI is InChI=1S/C15H18BrN3/c1-15(2,3)18-10-13-7-8-17-14(19-13)11-5-4-6-12(16)9-11/h4-9,18H,10H2,1-3H3. The van der Waals surface area contributed by atoms with Gasteiger partial charge in [0.25, 0.3) is 0 Å². The number of aromatic nitrogens is 2. The first-order chi connectivity index (χ1) is 8.94. The van der Waals surface area contributed by atoms with Crippen LogP contribution in [0.3, 0.4) is 0 Å². The normalized spacial score (nSPS) is 11.6. The number of halogens is 1. The lowest BCUT2D eigenvalue weighted by Gasteiger charge is -2.20. The molecule has 0 aliphatic carbocycles. The summed E-state index contributed by atoms with van der Waals surface area (Å²) in [6.45, 7) is 7.17. The van der Waals surface area contributed by atoms with Gasteiger partial charge in [-0.2, -0.15) is 0 Å². The zero-order valence-electron chi connectivity index (χ0n) is 11.4. The molecule has 0 saturated heterocycles. The van der Waals surface area contributed by atoms with Crippen molar-refractivity contribution in [2.24, 2.45) is 0 Å². The molecule has 1 aromatic heterocycles. The van der Waals surface area contributed by atoms with Crippen LogP contribution in [0.5, 0.6) is 0 Å². The second-order valence-corrected chi connectivity index (χ2v) is 6.40. The second-order valence-electron chi connectivity index (χ2n) is 5.49. The zero-order valence-corrected chi connectivity index (χ0v) is 13.0. The van der Waals surface area contributed by atoms with E-state index in [-0.39, 0.29) is 5.54 Å². The van der Waals surface area contributed by atoms with Gasteiger partial charge < -0.3 is 5.32 Å². The average Bonchev–Trinajstić information content (AvgIpc) is 2.36. The van der Waals surface area contributed by atoms with Crippen LogP contribution in [-0.4, -0.2) is 15.5 Å². The van der Waals surface area contributed by atoms with Gasteiger partial charge in [0.1, 0.15) is 0 Å². The number of nitrogens with one attached hydrogen (secondary N) is 1. The first-order valence-corrected chi connectivity index (χ1v) is 7.06. The lowest BCUT2D eigenvalue weighted by Crippen LogP contribution is -2.35. The van der Waals surface area contributed by atoms with E-state index in [9.17, 15) is 0 Å². The molecule has 0 unspecified atom stereocenters. The molecule has 0 saturated carbocycles. The van der Waals surface area contributed by atoms with Gasteiger partial charge in [-0.05, 0) is 39.0 Å². The topological polar surface area (TPSA) is 37.8 Å². The first-order valence-electron chi connectivity index (χ1n) is 6.27. The molecule has 1 N–H and O–H groups in total. The molecule has 0 bridgehead atoms. The fourth-order valence-electron chi connectivity index (χ4n) is 1.62. The van der Waals surface area contributed by atoms with Crippen molar-refractivity contribution in [2.45, 2.75) is 32.9 Å². The first kappa shape index (κ1) is 14.2. The van der Waals surface area contributed by atoms with Crippen LogP contribution < -0.4 is 5.32 Å². The summed E-state index contributed by atoms with van der Waals surface area (Å²) >= 11 is 3.47. The van der Waals surface area contributed by atoms with Gasteiger partial charge in [0.2, 0.25) is 0 Å². The van der Waals surface area contributed by atoms with E-state index in [0.717, 1.165) is 28.1 Å². The zero-order chi connectivity index (χ0) is 13.9. The van der Waals surface area contributed by atoms with E-state index in [0.29, 0.717) is 0 Å². The molecule has 2 aromatic rings. The molecule has 3 nitrogen and oxygen atoms in total. The van der Waals surface area contributed by atoms with Crippen molar-refractivity contribution in [1.82, 2.24) is 15.3 Å². The maximum Gasteiger partial charge on any atom is 0.159 e. The van der Waals surface area contributed by atoms with Crippen LogP contribution in [-0.2, 0) is 6.54 Å². The van der Waals surface area contributed by atoms with Gasteiger partial charge in [-0.1, -0.05) is 28.1 Å². The van der Waals surface area contributed by atoms with Gasteiger partial charge in [-0.3, -0.25) is 0 Å². The van der Waals surface area contributed by atoms with Crippen molar-refractivity contribution < 1.29 is 0 Å². The van der Waals surface area contributed by atoms with Crippen molar-refractivity contribution in [3.63, 3.8) is 0 Å². The van der Waals surface area contributed by atoms with Gasteiger partial charge in [0.05, 0.1) is 5.69 Å². The Morgan fingerprint density at radius 1 is 1.21 bits per heavy atom. The molecule has 0 spiro atoms. The van der Waals surface area contributed by atoms with Crippen LogP contribution in [0.2, 0.25) is 0 Å². The van der Waals surface area contributed by atoms with Crippen LogP contribution in [0.15, 0.2) is 41.0 Å². The lowest BCUT2D eigenvalue weighted by atomic mass is 10.1. The minimum absolute atomic E-state index is 0.0842. The van der Waals surface area contributed by atoms with Crippen LogP contribution in [0.25, 0.3) is 11.4 Å². The summed E-state index contributed by atoms with van der Waals surface area (Å²) in [5, 5.41) is 3.43. The Balaban J connectivity index is 2.20. The third-order valence-corrected chi connectivity index (χ3v) is 3.09. The fourth-order valence-corrected chi connectivity index (χ4v) is 2.02. The third kappa shape index (κ3) is 4.40. The maximum atomic E-state index is 4.59. The van der Waals surface area contributed by atoms with E-state index in [2.05, 4.69) is 52.0 Å². The lowest BCUT2D eigenvalue weighted by molar-refractivity contribution is 0.421. The summed E-state index contributed by atoms with van der Waals surface area (Å²) in [6, 6.07) is 9.97. The minimum Gasteiger partial charge on any atom is -0.306 e. The number of benzene rings is 1. The Bertz CT molecular complexity index is 561. The summed E-state index contributed by atoms with van der Waals surface area (Å²) in [5.41, 5.74) is 2.10. The van der Waals surface area contributed by atoms with E-state index in [1.165, 1.54) is 0 Å². The van der Waals surface area contributed by atoms with Crippen molar-refractivity contribution in [1.29, 1.82) is 0 Å². The molecule has 19 heavy (non-hydrogen) atoms. The SMILES string of the molecule is CC(C)(C)NCc1ccnc(-c2cccc(Br)c2)n1. The van der Waals surface area contributed by atoms with Crippen molar-refractivity contribution in [2.75, 3.05) is 0 Å². The Kier molecular flexibility index (Phi) is 4.32. The van der Waals surface area contributed by atoms with E-state index >= 15 is 0 Å². The molecular weight excluding hydrogens is 302 g/mol.